The molecule has 0 heterocycles. The Balaban J connectivity index is 2.70. The van der Waals surface area contributed by atoms with Gasteiger partial charge in [0, 0.05) is 27.7 Å². The Kier molecular flexibility index (Phi) is 5.42. The minimum absolute atomic E-state index is 0.159. The van der Waals surface area contributed by atoms with Gasteiger partial charge in [-0.3, -0.25) is 0 Å². The van der Waals surface area contributed by atoms with Gasteiger partial charge in [-0.1, -0.05) is 24.3 Å². The minimum atomic E-state index is 0.159. The Morgan fingerprint density at radius 1 is 1.31 bits per heavy atom. The number of hydrogen-bond acceptors (Lipinski definition) is 4. The molecule has 0 aliphatic rings. The zero-order valence-corrected chi connectivity index (χ0v) is 10.2. The van der Waals surface area contributed by atoms with Gasteiger partial charge in [0.05, 0.1) is 12.6 Å². The second-order valence-corrected chi connectivity index (χ2v) is 3.99. The lowest BCUT2D eigenvalue weighted by atomic mass is 10.1. The third-order valence-corrected chi connectivity index (χ3v) is 2.34. The summed E-state index contributed by atoms with van der Waals surface area (Å²) in [5.74, 6) is 0. The maximum Gasteiger partial charge on any atom is 0.0713 e. The molecule has 90 valence electrons. The first kappa shape index (κ1) is 13.1. The fourth-order valence-electron chi connectivity index (χ4n) is 1.59. The Bertz CT molecular complexity index is 298. The van der Waals surface area contributed by atoms with E-state index in [0.29, 0.717) is 13.2 Å². The molecule has 16 heavy (non-hydrogen) atoms. The molecular formula is C12H21N3O. The average molecular weight is 223 g/mol. The minimum Gasteiger partial charge on any atom is -0.380 e. The maximum absolute atomic E-state index is 5.74. The molecule has 1 aromatic carbocycles. The highest BCUT2D eigenvalue weighted by Gasteiger charge is 2.09. The third kappa shape index (κ3) is 3.90. The molecule has 1 aromatic rings. The van der Waals surface area contributed by atoms with Gasteiger partial charge < -0.3 is 10.5 Å². The molecule has 0 radical (unpaired) electrons. The predicted molar refractivity (Wildman–Crippen MR) is 65.8 cm³/mol. The monoisotopic (exact) mass is 223 g/mol. The van der Waals surface area contributed by atoms with Crippen molar-refractivity contribution in [1.29, 1.82) is 0 Å². The SMILES string of the molecule is COCc1ccc(C(CN)NN(C)C)cc1. The van der Waals surface area contributed by atoms with Gasteiger partial charge in [-0.15, -0.1) is 0 Å². The van der Waals surface area contributed by atoms with Gasteiger partial charge in [0.2, 0.25) is 0 Å². The number of nitrogens with zero attached hydrogens (tertiary/aromatic N) is 1. The van der Waals surface area contributed by atoms with Crippen LogP contribution in [0.15, 0.2) is 24.3 Å². The molecular weight excluding hydrogens is 202 g/mol. The van der Waals surface area contributed by atoms with Crippen molar-refractivity contribution in [3.8, 4) is 0 Å². The second-order valence-electron chi connectivity index (χ2n) is 3.99. The molecule has 0 aromatic heterocycles. The molecule has 0 amide bonds. The van der Waals surface area contributed by atoms with E-state index in [0.717, 1.165) is 0 Å². The van der Waals surface area contributed by atoms with Gasteiger partial charge in [0.1, 0.15) is 0 Å². The Morgan fingerprint density at radius 3 is 2.38 bits per heavy atom. The molecule has 0 bridgehead atoms. The number of rotatable bonds is 6. The van der Waals surface area contributed by atoms with Crippen molar-refractivity contribution in [2.75, 3.05) is 27.7 Å². The summed E-state index contributed by atoms with van der Waals surface area (Å²) in [5, 5.41) is 1.92. The molecule has 0 aliphatic carbocycles. The van der Waals surface area contributed by atoms with E-state index in [9.17, 15) is 0 Å². The van der Waals surface area contributed by atoms with Gasteiger partial charge in [-0.2, -0.15) is 0 Å². The summed E-state index contributed by atoms with van der Waals surface area (Å²) in [6, 6.07) is 8.47. The van der Waals surface area contributed by atoms with Crippen LogP contribution in [0.25, 0.3) is 0 Å². The van der Waals surface area contributed by atoms with Crippen molar-refractivity contribution in [3.05, 3.63) is 35.4 Å². The lowest BCUT2D eigenvalue weighted by Gasteiger charge is -2.22. The Morgan fingerprint density at radius 2 is 1.94 bits per heavy atom. The molecule has 3 N–H and O–H groups in total. The first-order valence-corrected chi connectivity index (χ1v) is 5.38. The van der Waals surface area contributed by atoms with Crippen LogP contribution >= 0.6 is 0 Å². The molecule has 0 fully saturated rings. The van der Waals surface area contributed by atoms with Crippen LogP contribution in [0.1, 0.15) is 17.2 Å². The highest BCUT2D eigenvalue weighted by Crippen LogP contribution is 2.13. The van der Waals surface area contributed by atoms with Crippen molar-refractivity contribution in [1.82, 2.24) is 10.4 Å². The highest BCUT2D eigenvalue weighted by molar-refractivity contribution is 5.24. The van der Waals surface area contributed by atoms with Crippen LogP contribution in [0.5, 0.6) is 0 Å². The van der Waals surface area contributed by atoms with Crippen molar-refractivity contribution in [2.24, 2.45) is 5.73 Å². The van der Waals surface area contributed by atoms with Crippen LogP contribution in [-0.4, -0.2) is 32.8 Å². The van der Waals surface area contributed by atoms with Crippen LogP contribution in [0.3, 0.4) is 0 Å². The normalized spacial score (nSPS) is 13.1. The van der Waals surface area contributed by atoms with E-state index in [1.165, 1.54) is 11.1 Å². The van der Waals surface area contributed by atoms with Crippen LogP contribution in [0, 0.1) is 0 Å². The number of ether oxygens (including phenoxy) is 1. The van der Waals surface area contributed by atoms with Gasteiger partial charge in [-0.05, 0) is 11.1 Å². The van der Waals surface area contributed by atoms with Crippen molar-refractivity contribution < 1.29 is 4.74 Å². The van der Waals surface area contributed by atoms with E-state index in [4.69, 9.17) is 10.5 Å². The van der Waals surface area contributed by atoms with Crippen molar-refractivity contribution in [2.45, 2.75) is 12.6 Å². The van der Waals surface area contributed by atoms with E-state index < -0.39 is 0 Å². The summed E-state index contributed by atoms with van der Waals surface area (Å²) in [7, 11) is 5.62. The largest absolute Gasteiger partial charge is 0.380 e. The first-order chi connectivity index (χ1) is 7.67. The number of hydrogen-bond donors (Lipinski definition) is 2. The van der Waals surface area contributed by atoms with Crippen LogP contribution in [-0.2, 0) is 11.3 Å². The fraction of sp³-hybridized carbons (Fsp3) is 0.500. The predicted octanol–water partition coefficient (Wildman–Crippen LogP) is 0.899. The van der Waals surface area contributed by atoms with E-state index in [1.807, 2.05) is 19.1 Å². The van der Waals surface area contributed by atoms with Crippen molar-refractivity contribution in [3.63, 3.8) is 0 Å². The number of methoxy groups -OCH3 is 1. The lowest BCUT2D eigenvalue weighted by molar-refractivity contribution is 0.185. The standard InChI is InChI=1S/C12H21N3O/c1-15(2)14-12(8-13)11-6-4-10(5-7-11)9-16-3/h4-7,12,14H,8-9,13H2,1-3H3. The molecule has 1 atom stereocenters. The summed E-state index contributed by atoms with van der Waals surface area (Å²) in [6.07, 6.45) is 0. The van der Waals surface area contributed by atoms with E-state index in [1.54, 1.807) is 7.11 Å². The van der Waals surface area contributed by atoms with Crippen LogP contribution in [0.4, 0.5) is 0 Å². The number of benzene rings is 1. The summed E-state index contributed by atoms with van der Waals surface area (Å²) in [5.41, 5.74) is 11.4. The van der Waals surface area contributed by atoms with E-state index in [-0.39, 0.29) is 6.04 Å². The summed E-state index contributed by atoms with van der Waals surface area (Å²) < 4.78 is 5.07. The summed E-state index contributed by atoms with van der Waals surface area (Å²) in [6.45, 7) is 1.22. The zero-order valence-electron chi connectivity index (χ0n) is 10.2. The van der Waals surface area contributed by atoms with E-state index in [2.05, 4.69) is 29.7 Å². The molecule has 0 aliphatic heterocycles. The highest BCUT2D eigenvalue weighted by atomic mass is 16.5. The van der Waals surface area contributed by atoms with Crippen LogP contribution in [0.2, 0.25) is 0 Å². The Labute approximate surface area is 97.4 Å². The average Bonchev–Trinajstić information content (AvgIpc) is 2.27. The zero-order chi connectivity index (χ0) is 12.0. The fourth-order valence-corrected chi connectivity index (χ4v) is 1.59. The number of nitrogens with two attached hydrogens (primary N) is 1. The van der Waals surface area contributed by atoms with Crippen LogP contribution < -0.4 is 11.2 Å². The summed E-state index contributed by atoms with van der Waals surface area (Å²) in [4.78, 5) is 0. The molecule has 0 saturated carbocycles. The van der Waals surface area contributed by atoms with Gasteiger partial charge >= 0.3 is 0 Å². The molecule has 1 unspecified atom stereocenters. The molecule has 0 spiro atoms. The second kappa shape index (κ2) is 6.60. The number of nitrogens with one attached hydrogen (secondary N) is 1. The molecule has 1 rings (SSSR count). The quantitative estimate of drug-likeness (QED) is 0.704. The molecule has 4 nitrogen and oxygen atoms in total. The first-order valence-electron chi connectivity index (χ1n) is 5.38. The molecule has 0 saturated heterocycles. The summed E-state index contributed by atoms with van der Waals surface area (Å²) >= 11 is 0. The smallest absolute Gasteiger partial charge is 0.0713 e. The third-order valence-electron chi connectivity index (χ3n) is 2.34. The topological polar surface area (TPSA) is 50.5 Å². The van der Waals surface area contributed by atoms with Crippen molar-refractivity contribution >= 4 is 0 Å². The van der Waals surface area contributed by atoms with E-state index >= 15 is 0 Å². The maximum atomic E-state index is 5.74. The van der Waals surface area contributed by atoms with Gasteiger partial charge in [-0.25, -0.2) is 10.4 Å². The van der Waals surface area contributed by atoms with Gasteiger partial charge in [0.15, 0.2) is 0 Å². The molecule has 4 heteroatoms. The lowest BCUT2D eigenvalue weighted by Crippen LogP contribution is -2.37. The Hall–Kier alpha value is -0.940. The van der Waals surface area contributed by atoms with Gasteiger partial charge in [0.25, 0.3) is 0 Å². The number of hydrazine groups is 1.